The molecule has 0 radical (unpaired) electrons. The molecule has 4 aromatic rings. The largest absolute Gasteiger partial charge is 0.493 e. The van der Waals surface area contributed by atoms with Crippen molar-refractivity contribution < 1.29 is 14.3 Å². The van der Waals surface area contributed by atoms with Crippen LogP contribution in [0.2, 0.25) is 0 Å². The molecule has 2 heterocycles. The average Bonchev–Trinajstić information content (AvgIpc) is 3.29. The van der Waals surface area contributed by atoms with Crippen molar-refractivity contribution in [2.24, 2.45) is 0 Å². The van der Waals surface area contributed by atoms with E-state index in [2.05, 4.69) is 10.3 Å². The first-order chi connectivity index (χ1) is 16.1. The lowest BCUT2D eigenvalue weighted by molar-refractivity contribution is -0.111. The van der Waals surface area contributed by atoms with Crippen LogP contribution in [0.4, 0.5) is 5.69 Å². The Morgan fingerprint density at radius 3 is 2.48 bits per heavy atom. The van der Waals surface area contributed by atoms with E-state index >= 15 is 0 Å². The van der Waals surface area contributed by atoms with Crippen molar-refractivity contribution in [1.29, 1.82) is 0 Å². The minimum absolute atomic E-state index is 0.269. The highest BCUT2D eigenvalue weighted by Crippen LogP contribution is 2.33. The Bertz CT molecular complexity index is 1280. The fourth-order valence-corrected chi connectivity index (χ4v) is 3.40. The van der Waals surface area contributed by atoms with Crippen molar-refractivity contribution >= 4 is 17.7 Å². The van der Waals surface area contributed by atoms with Crippen molar-refractivity contribution in [1.82, 2.24) is 14.8 Å². The van der Waals surface area contributed by atoms with Crippen LogP contribution in [0.15, 0.2) is 79.3 Å². The molecule has 0 saturated carbocycles. The monoisotopic (exact) mass is 440 g/mol. The second-order valence-electron chi connectivity index (χ2n) is 7.30. The molecule has 2 aromatic carbocycles. The number of methoxy groups -OCH3 is 2. The Morgan fingerprint density at radius 1 is 1.03 bits per heavy atom. The van der Waals surface area contributed by atoms with Gasteiger partial charge in [0.2, 0.25) is 5.91 Å². The number of carbonyl (C=O) groups is 1. The Labute approximate surface area is 192 Å². The molecule has 1 amide bonds. The molecule has 0 saturated heterocycles. The number of nitrogens with one attached hydrogen (secondary N) is 1. The van der Waals surface area contributed by atoms with Crippen LogP contribution in [-0.2, 0) is 4.79 Å². The summed E-state index contributed by atoms with van der Waals surface area (Å²) in [6.45, 7) is 1.89. The first-order valence-electron chi connectivity index (χ1n) is 10.4. The highest BCUT2D eigenvalue weighted by atomic mass is 16.5. The molecule has 2 aromatic heterocycles. The van der Waals surface area contributed by atoms with E-state index in [0.29, 0.717) is 17.2 Å². The minimum Gasteiger partial charge on any atom is -0.493 e. The van der Waals surface area contributed by atoms with Gasteiger partial charge >= 0.3 is 0 Å². The number of benzene rings is 2. The molecule has 0 spiro atoms. The fraction of sp³-hybridized carbons (Fsp3) is 0.115. The van der Waals surface area contributed by atoms with Gasteiger partial charge in [-0.2, -0.15) is 5.10 Å². The van der Waals surface area contributed by atoms with Gasteiger partial charge in [0.15, 0.2) is 11.5 Å². The zero-order chi connectivity index (χ0) is 23.2. The van der Waals surface area contributed by atoms with E-state index in [0.717, 1.165) is 28.1 Å². The van der Waals surface area contributed by atoms with Crippen LogP contribution in [0, 0.1) is 6.92 Å². The highest BCUT2D eigenvalue weighted by Gasteiger charge is 2.12. The van der Waals surface area contributed by atoms with Gasteiger partial charge in [0.1, 0.15) is 5.69 Å². The molecule has 166 valence electrons. The lowest BCUT2D eigenvalue weighted by Crippen LogP contribution is -2.09. The molecule has 7 nitrogen and oxygen atoms in total. The van der Waals surface area contributed by atoms with E-state index in [9.17, 15) is 4.79 Å². The van der Waals surface area contributed by atoms with E-state index in [1.807, 2.05) is 61.7 Å². The summed E-state index contributed by atoms with van der Waals surface area (Å²) in [5.41, 5.74) is 4.83. The maximum atomic E-state index is 12.7. The number of ether oxygens (including phenoxy) is 2. The van der Waals surface area contributed by atoms with Crippen LogP contribution in [0.1, 0.15) is 11.1 Å². The number of hydrogen-bond acceptors (Lipinski definition) is 5. The van der Waals surface area contributed by atoms with E-state index in [1.54, 1.807) is 43.4 Å². The average molecular weight is 441 g/mol. The smallest absolute Gasteiger partial charge is 0.248 e. The fourth-order valence-electron chi connectivity index (χ4n) is 3.40. The lowest BCUT2D eigenvalue weighted by atomic mass is 10.1. The second kappa shape index (κ2) is 9.82. The molecule has 0 aliphatic heterocycles. The van der Waals surface area contributed by atoms with Gasteiger partial charge in [-0.05, 0) is 48.9 Å². The molecule has 7 heteroatoms. The van der Waals surface area contributed by atoms with Gasteiger partial charge in [0, 0.05) is 47.5 Å². The first kappa shape index (κ1) is 21.8. The summed E-state index contributed by atoms with van der Waals surface area (Å²) in [5, 5.41) is 7.64. The number of aromatic nitrogens is 3. The number of rotatable bonds is 7. The summed E-state index contributed by atoms with van der Waals surface area (Å²) in [5.74, 6) is 0.887. The molecule has 0 aliphatic carbocycles. The van der Waals surface area contributed by atoms with Gasteiger partial charge in [0.05, 0.1) is 19.9 Å². The van der Waals surface area contributed by atoms with Crippen LogP contribution in [0.5, 0.6) is 11.5 Å². The van der Waals surface area contributed by atoms with E-state index < -0.39 is 0 Å². The van der Waals surface area contributed by atoms with Crippen molar-refractivity contribution in [3.8, 4) is 28.4 Å². The number of pyridine rings is 1. The SMILES string of the molecule is COc1cc(C)c(NC(=O)/C=C/c2cn(-c3ccccc3)nc2-c2cccnc2)cc1OC. The third-order valence-electron chi connectivity index (χ3n) is 5.10. The van der Waals surface area contributed by atoms with Crippen LogP contribution in [0.25, 0.3) is 23.0 Å². The summed E-state index contributed by atoms with van der Waals surface area (Å²) in [6.07, 6.45) is 8.60. The number of para-hydroxylation sites is 1. The van der Waals surface area contributed by atoms with Crippen molar-refractivity contribution in [3.05, 3.63) is 90.4 Å². The topological polar surface area (TPSA) is 78.3 Å². The van der Waals surface area contributed by atoms with Crippen LogP contribution in [-0.4, -0.2) is 34.9 Å². The molecule has 33 heavy (non-hydrogen) atoms. The Morgan fingerprint density at radius 2 is 1.79 bits per heavy atom. The Kier molecular flexibility index (Phi) is 6.50. The predicted octanol–water partition coefficient (Wildman–Crippen LogP) is 4.91. The van der Waals surface area contributed by atoms with Crippen LogP contribution in [0.3, 0.4) is 0 Å². The quantitative estimate of drug-likeness (QED) is 0.413. The first-order valence-corrected chi connectivity index (χ1v) is 10.4. The zero-order valence-electron chi connectivity index (χ0n) is 18.6. The number of carbonyl (C=O) groups excluding carboxylic acids is 1. The number of nitrogens with zero attached hydrogens (tertiary/aromatic N) is 3. The van der Waals surface area contributed by atoms with Gasteiger partial charge < -0.3 is 14.8 Å². The molecular formula is C26H24N4O3. The predicted molar refractivity (Wildman–Crippen MR) is 129 cm³/mol. The maximum absolute atomic E-state index is 12.7. The van der Waals surface area contributed by atoms with Crippen molar-refractivity contribution in [2.75, 3.05) is 19.5 Å². The summed E-state index contributed by atoms with van der Waals surface area (Å²) >= 11 is 0. The van der Waals surface area contributed by atoms with Gasteiger partial charge in [-0.1, -0.05) is 18.2 Å². The number of hydrogen-bond donors (Lipinski definition) is 1. The number of anilines is 1. The maximum Gasteiger partial charge on any atom is 0.248 e. The molecule has 0 fully saturated rings. The molecule has 0 bridgehead atoms. The minimum atomic E-state index is -0.269. The van der Waals surface area contributed by atoms with E-state index in [1.165, 1.54) is 6.08 Å². The van der Waals surface area contributed by atoms with Gasteiger partial charge in [-0.3, -0.25) is 9.78 Å². The van der Waals surface area contributed by atoms with Crippen molar-refractivity contribution in [2.45, 2.75) is 6.92 Å². The van der Waals surface area contributed by atoms with Crippen LogP contribution >= 0.6 is 0 Å². The van der Waals surface area contributed by atoms with Gasteiger partial charge in [0.25, 0.3) is 0 Å². The number of aryl methyl sites for hydroxylation is 1. The summed E-state index contributed by atoms with van der Waals surface area (Å²) < 4.78 is 12.4. The Balaban J connectivity index is 1.62. The van der Waals surface area contributed by atoms with E-state index in [-0.39, 0.29) is 5.91 Å². The zero-order valence-corrected chi connectivity index (χ0v) is 18.6. The molecule has 0 aliphatic rings. The molecule has 1 N–H and O–H groups in total. The molecule has 4 rings (SSSR count). The van der Waals surface area contributed by atoms with E-state index in [4.69, 9.17) is 14.6 Å². The van der Waals surface area contributed by atoms with Gasteiger partial charge in [-0.25, -0.2) is 4.68 Å². The third kappa shape index (κ3) is 4.93. The van der Waals surface area contributed by atoms with Gasteiger partial charge in [-0.15, -0.1) is 0 Å². The second-order valence-corrected chi connectivity index (χ2v) is 7.30. The summed E-state index contributed by atoms with van der Waals surface area (Å²) in [7, 11) is 3.14. The summed E-state index contributed by atoms with van der Waals surface area (Å²) in [4.78, 5) is 16.9. The normalized spacial score (nSPS) is 10.9. The molecule has 0 atom stereocenters. The standard InChI is InChI=1S/C26H24N4O3/c1-18-14-23(32-2)24(33-3)15-22(18)28-25(31)12-11-20-17-30(21-9-5-4-6-10-21)29-26(20)19-8-7-13-27-16-19/h4-17H,1-3H3,(H,28,31)/b12-11+. The number of amides is 1. The third-order valence-corrected chi connectivity index (χ3v) is 5.10. The molecular weight excluding hydrogens is 416 g/mol. The van der Waals surface area contributed by atoms with Crippen LogP contribution < -0.4 is 14.8 Å². The lowest BCUT2D eigenvalue weighted by Gasteiger charge is -2.12. The highest BCUT2D eigenvalue weighted by molar-refractivity contribution is 6.03. The summed E-state index contributed by atoms with van der Waals surface area (Å²) in [6, 6.07) is 17.2. The Hall–Kier alpha value is -4.39. The molecule has 0 unspecified atom stereocenters. The van der Waals surface area contributed by atoms with Crippen molar-refractivity contribution in [3.63, 3.8) is 0 Å².